The van der Waals surface area contributed by atoms with Crippen LogP contribution in [0, 0.1) is 10.1 Å². The van der Waals surface area contributed by atoms with Gasteiger partial charge in [-0.15, -0.1) is 0 Å². The molecule has 0 aliphatic carbocycles. The number of amides is 1. The van der Waals surface area contributed by atoms with Crippen molar-refractivity contribution >= 4 is 17.3 Å². The summed E-state index contributed by atoms with van der Waals surface area (Å²) < 4.78 is 5.09. The summed E-state index contributed by atoms with van der Waals surface area (Å²) in [5, 5.41) is 29.7. The molecule has 9 nitrogen and oxygen atoms in total. The minimum absolute atomic E-state index is 0.0650. The standard InChI is InChI=1S/C17H14N4O5/c1-26-12-5-2-10(3-6-12)13-9-15(20-19-13)17(23)18-14-8-11(21(24)25)4-7-16(14)22/h2-9,22H,1H3,(H,18,23)(H,19,20). The van der Waals surface area contributed by atoms with Gasteiger partial charge < -0.3 is 15.2 Å². The van der Waals surface area contributed by atoms with Gasteiger partial charge in [-0.3, -0.25) is 20.0 Å². The number of aromatic amines is 1. The van der Waals surface area contributed by atoms with E-state index >= 15 is 0 Å². The Bertz CT molecular complexity index is 966. The molecule has 1 aromatic heterocycles. The number of aromatic nitrogens is 2. The van der Waals surface area contributed by atoms with E-state index in [-0.39, 0.29) is 22.8 Å². The van der Waals surface area contributed by atoms with Gasteiger partial charge >= 0.3 is 0 Å². The average molecular weight is 354 g/mol. The van der Waals surface area contributed by atoms with Gasteiger partial charge in [-0.1, -0.05) is 0 Å². The largest absolute Gasteiger partial charge is 0.506 e. The highest BCUT2D eigenvalue weighted by Crippen LogP contribution is 2.28. The van der Waals surface area contributed by atoms with Crippen LogP contribution >= 0.6 is 0 Å². The fourth-order valence-electron chi connectivity index (χ4n) is 2.28. The SMILES string of the molecule is COc1ccc(-c2cc(C(=O)Nc3cc([N+](=O)[O-])ccc3O)[nH]n2)cc1. The summed E-state index contributed by atoms with van der Waals surface area (Å²) in [5.41, 5.74) is 1.15. The smallest absolute Gasteiger partial charge is 0.273 e. The van der Waals surface area contributed by atoms with Gasteiger partial charge in [0.25, 0.3) is 11.6 Å². The first-order chi connectivity index (χ1) is 12.5. The van der Waals surface area contributed by atoms with E-state index in [9.17, 15) is 20.0 Å². The average Bonchev–Trinajstić information content (AvgIpc) is 3.13. The van der Waals surface area contributed by atoms with Crippen LogP contribution in [0.4, 0.5) is 11.4 Å². The number of carbonyl (C=O) groups is 1. The Morgan fingerprint density at radius 1 is 1.23 bits per heavy atom. The predicted octanol–water partition coefficient (Wildman–Crippen LogP) is 2.95. The molecule has 2 aromatic carbocycles. The van der Waals surface area contributed by atoms with Crippen LogP contribution < -0.4 is 10.1 Å². The van der Waals surface area contributed by atoms with Crippen molar-refractivity contribution in [3.63, 3.8) is 0 Å². The lowest BCUT2D eigenvalue weighted by Crippen LogP contribution is -2.12. The minimum Gasteiger partial charge on any atom is -0.506 e. The molecule has 26 heavy (non-hydrogen) atoms. The van der Waals surface area contributed by atoms with Gasteiger partial charge in [0.2, 0.25) is 0 Å². The van der Waals surface area contributed by atoms with Gasteiger partial charge in [0.05, 0.1) is 23.4 Å². The van der Waals surface area contributed by atoms with Crippen molar-refractivity contribution < 1.29 is 19.6 Å². The molecule has 3 rings (SSSR count). The number of aromatic hydroxyl groups is 1. The normalized spacial score (nSPS) is 10.3. The van der Waals surface area contributed by atoms with Crippen molar-refractivity contribution in [2.45, 2.75) is 0 Å². The number of nitro benzene ring substituents is 1. The van der Waals surface area contributed by atoms with E-state index in [1.54, 1.807) is 31.4 Å². The van der Waals surface area contributed by atoms with Crippen LogP contribution in [0.2, 0.25) is 0 Å². The molecule has 0 radical (unpaired) electrons. The van der Waals surface area contributed by atoms with Gasteiger partial charge in [-0.05, 0) is 36.4 Å². The Morgan fingerprint density at radius 3 is 2.62 bits per heavy atom. The van der Waals surface area contributed by atoms with E-state index in [1.807, 2.05) is 0 Å². The minimum atomic E-state index is -0.618. The molecule has 0 atom stereocenters. The summed E-state index contributed by atoms with van der Waals surface area (Å²) >= 11 is 0. The molecule has 0 aliphatic heterocycles. The molecule has 0 spiro atoms. The third-order valence-electron chi connectivity index (χ3n) is 3.65. The Hall–Kier alpha value is -3.88. The molecule has 0 fully saturated rings. The molecule has 0 saturated carbocycles. The van der Waals surface area contributed by atoms with Gasteiger partial charge in [-0.2, -0.15) is 5.10 Å². The number of carbonyl (C=O) groups excluding carboxylic acids is 1. The topological polar surface area (TPSA) is 130 Å². The first kappa shape index (κ1) is 17.0. The van der Waals surface area contributed by atoms with E-state index in [0.29, 0.717) is 11.4 Å². The highest BCUT2D eigenvalue weighted by Gasteiger charge is 2.16. The molecule has 0 bridgehead atoms. The Morgan fingerprint density at radius 2 is 1.96 bits per heavy atom. The van der Waals surface area contributed by atoms with Crippen LogP contribution in [0.15, 0.2) is 48.5 Å². The lowest BCUT2D eigenvalue weighted by atomic mass is 10.1. The van der Waals surface area contributed by atoms with Crippen LogP contribution in [0.25, 0.3) is 11.3 Å². The number of H-pyrrole nitrogens is 1. The molecule has 1 heterocycles. The maximum absolute atomic E-state index is 12.3. The number of phenolic OH excluding ortho intramolecular Hbond substituents is 1. The number of methoxy groups -OCH3 is 1. The Kier molecular flexibility index (Phi) is 4.52. The molecule has 132 valence electrons. The number of rotatable bonds is 5. The lowest BCUT2D eigenvalue weighted by molar-refractivity contribution is -0.384. The molecule has 0 unspecified atom stereocenters. The number of ether oxygens (including phenoxy) is 1. The van der Waals surface area contributed by atoms with Crippen molar-refractivity contribution in [1.82, 2.24) is 10.2 Å². The van der Waals surface area contributed by atoms with Gasteiger partial charge in [0.1, 0.15) is 17.2 Å². The molecular weight excluding hydrogens is 340 g/mol. The molecule has 1 amide bonds. The molecule has 3 N–H and O–H groups in total. The van der Waals surface area contributed by atoms with Gasteiger partial charge in [0, 0.05) is 17.7 Å². The second-order valence-electron chi connectivity index (χ2n) is 5.31. The summed E-state index contributed by atoms with van der Waals surface area (Å²) in [4.78, 5) is 22.5. The van der Waals surface area contributed by atoms with Gasteiger partial charge in [-0.25, -0.2) is 0 Å². The number of nitrogens with one attached hydrogen (secondary N) is 2. The number of phenols is 1. The number of nitro groups is 1. The maximum atomic E-state index is 12.3. The van der Waals surface area contributed by atoms with E-state index in [0.717, 1.165) is 23.8 Å². The van der Waals surface area contributed by atoms with Crippen molar-refractivity contribution in [3.05, 3.63) is 64.3 Å². The zero-order valence-electron chi connectivity index (χ0n) is 13.6. The van der Waals surface area contributed by atoms with E-state index in [4.69, 9.17) is 4.74 Å². The molecule has 9 heteroatoms. The van der Waals surface area contributed by atoms with E-state index < -0.39 is 10.8 Å². The van der Waals surface area contributed by atoms with E-state index in [2.05, 4.69) is 15.5 Å². The first-order valence-electron chi connectivity index (χ1n) is 7.46. The fourth-order valence-corrected chi connectivity index (χ4v) is 2.28. The van der Waals surface area contributed by atoms with Crippen LogP contribution in [-0.2, 0) is 0 Å². The molecule has 0 aliphatic rings. The van der Waals surface area contributed by atoms with Crippen LogP contribution in [0.5, 0.6) is 11.5 Å². The number of hydrogen-bond acceptors (Lipinski definition) is 6. The van der Waals surface area contributed by atoms with Crippen molar-refractivity contribution in [3.8, 4) is 22.8 Å². The molecule has 3 aromatic rings. The lowest BCUT2D eigenvalue weighted by Gasteiger charge is -2.05. The fraction of sp³-hybridized carbons (Fsp3) is 0.0588. The van der Waals surface area contributed by atoms with Crippen molar-refractivity contribution in [2.75, 3.05) is 12.4 Å². The summed E-state index contributed by atoms with van der Waals surface area (Å²) in [6.07, 6.45) is 0. The maximum Gasteiger partial charge on any atom is 0.273 e. The zero-order valence-corrected chi connectivity index (χ0v) is 13.6. The highest BCUT2D eigenvalue weighted by molar-refractivity contribution is 6.04. The van der Waals surface area contributed by atoms with Gasteiger partial charge in [0.15, 0.2) is 0 Å². The van der Waals surface area contributed by atoms with Crippen LogP contribution in [-0.4, -0.2) is 33.2 Å². The second kappa shape index (κ2) is 6.93. The molecule has 0 saturated heterocycles. The third-order valence-corrected chi connectivity index (χ3v) is 3.65. The monoisotopic (exact) mass is 354 g/mol. The van der Waals surface area contributed by atoms with Crippen molar-refractivity contribution in [1.29, 1.82) is 0 Å². The van der Waals surface area contributed by atoms with E-state index in [1.165, 1.54) is 6.07 Å². The number of non-ortho nitro benzene ring substituents is 1. The Labute approximate surface area is 147 Å². The number of hydrogen-bond donors (Lipinski definition) is 3. The number of nitrogens with zero attached hydrogens (tertiary/aromatic N) is 2. The van der Waals surface area contributed by atoms with Crippen LogP contribution in [0.3, 0.4) is 0 Å². The summed E-state index contributed by atoms with van der Waals surface area (Å²) in [6, 6.07) is 12.0. The quantitative estimate of drug-likeness (QED) is 0.367. The summed E-state index contributed by atoms with van der Waals surface area (Å²) in [5.74, 6) is -0.171. The molecular formula is C17H14N4O5. The number of benzene rings is 2. The Balaban J connectivity index is 1.80. The first-order valence-corrected chi connectivity index (χ1v) is 7.46. The number of anilines is 1. The highest BCUT2D eigenvalue weighted by atomic mass is 16.6. The summed E-state index contributed by atoms with van der Waals surface area (Å²) in [6.45, 7) is 0. The zero-order chi connectivity index (χ0) is 18.7. The third kappa shape index (κ3) is 3.46. The summed E-state index contributed by atoms with van der Waals surface area (Å²) in [7, 11) is 1.56. The second-order valence-corrected chi connectivity index (χ2v) is 5.31. The van der Waals surface area contributed by atoms with Crippen molar-refractivity contribution in [2.24, 2.45) is 0 Å². The predicted molar refractivity (Wildman–Crippen MR) is 93.3 cm³/mol. The van der Waals surface area contributed by atoms with Crippen LogP contribution in [0.1, 0.15) is 10.5 Å².